The van der Waals surface area contributed by atoms with E-state index in [0.717, 1.165) is 11.4 Å². The third kappa shape index (κ3) is 2.61. The number of hydrogen-bond acceptors (Lipinski definition) is 4. The van der Waals surface area contributed by atoms with E-state index in [-0.39, 0.29) is 0 Å². The molecule has 1 heterocycles. The summed E-state index contributed by atoms with van der Waals surface area (Å²) in [7, 11) is 2.07. The van der Waals surface area contributed by atoms with Crippen LogP contribution in [0.15, 0.2) is 12.3 Å². The Bertz CT molecular complexity index is 435. The van der Waals surface area contributed by atoms with Crippen molar-refractivity contribution in [1.29, 1.82) is 0 Å². The molecule has 4 nitrogen and oxygen atoms in total. The van der Waals surface area contributed by atoms with Gasteiger partial charge in [-0.1, -0.05) is 32.0 Å². The van der Waals surface area contributed by atoms with E-state index in [1.807, 2.05) is 6.07 Å². The summed E-state index contributed by atoms with van der Waals surface area (Å²) >= 11 is 5.08. The number of nitrogens with two attached hydrogens (primary N) is 1. The Balaban J connectivity index is 2.27. The van der Waals surface area contributed by atoms with Crippen molar-refractivity contribution in [2.45, 2.75) is 38.6 Å². The van der Waals surface area contributed by atoms with E-state index in [2.05, 4.69) is 29.1 Å². The molecular formula is C13H20N4S. The Hall–Kier alpha value is -1.23. The molecule has 1 aromatic heterocycles. The van der Waals surface area contributed by atoms with E-state index in [1.165, 1.54) is 25.7 Å². The second-order valence-corrected chi connectivity index (χ2v) is 5.51. The largest absolute Gasteiger partial charge is 0.389 e. The summed E-state index contributed by atoms with van der Waals surface area (Å²) in [6, 6.07) is 2.35. The van der Waals surface area contributed by atoms with Crippen LogP contribution in [0.3, 0.4) is 0 Å². The first kappa shape index (κ1) is 13.2. The van der Waals surface area contributed by atoms with Gasteiger partial charge in [-0.2, -0.15) is 5.10 Å². The van der Waals surface area contributed by atoms with Gasteiger partial charge in [0.15, 0.2) is 5.82 Å². The molecule has 98 valence electrons. The van der Waals surface area contributed by atoms with Crippen molar-refractivity contribution in [2.24, 2.45) is 11.7 Å². The van der Waals surface area contributed by atoms with Crippen LogP contribution in [0.1, 0.15) is 38.2 Å². The molecule has 0 saturated heterocycles. The van der Waals surface area contributed by atoms with Crippen LogP contribution in [0.25, 0.3) is 0 Å². The van der Waals surface area contributed by atoms with Gasteiger partial charge in [-0.15, -0.1) is 5.10 Å². The minimum Gasteiger partial charge on any atom is -0.389 e. The van der Waals surface area contributed by atoms with Gasteiger partial charge in [0.1, 0.15) is 4.99 Å². The van der Waals surface area contributed by atoms with Gasteiger partial charge in [-0.3, -0.25) is 0 Å². The van der Waals surface area contributed by atoms with Gasteiger partial charge in [0, 0.05) is 13.1 Å². The van der Waals surface area contributed by atoms with Crippen LogP contribution in [-0.2, 0) is 0 Å². The highest BCUT2D eigenvalue weighted by Crippen LogP contribution is 2.30. The zero-order valence-corrected chi connectivity index (χ0v) is 11.8. The number of hydrogen-bond donors (Lipinski definition) is 1. The van der Waals surface area contributed by atoms with Crippen molar-refractivity contribution < 1.29 is 0 Å². The molecule has 1 aromatic rings. The Morgan fingerprint density at radius 2 is 2.17 bits per heavy atom. The van der Waals surface area contributed by atoms with Crippen LogP contribution in [-0.4, -0.2) is 28.3 Å². The predicted molar refractivity (Wildman–Crippen MR) is 77.7 cm³/mol. The van der Waals surface area contributed by atoms with E-state index < -0.39 is 0 Å². The quantitative estimate of drug-likeness (QED) is 0.848. The molecule has 0 radical (unpaired) electrons. The molecule has 0 aromatic carbocycles. The van der Waals surface area contributed by atoms with E-state index >= 15 is 0 Å². The summed E-state index contributed by atoms with van der Waals surface area (Å²) < 4.78 is 0. The highest BCUT2D eigenvalue weighted by molar-refractivity contribution is 7.80. The molecule has 1 aliphatic rings. The topological polar surface area (TPSA) is 55.0 Å². The molecular weight excluding hydrogens is 244 g/mol. The molecule has 2 atom stereocenters. The summed E-state index contributed by atoms with van der Waals surface area (Å²) in [6.45, 7) is 2.30. The van der Waals surface area contributed by atoms with Crippen LogP contribution < -0.4 is 10.6 Å². The lowest BCUT2D eigenvalue weighted by molar-refractivity contribution is 0.320. The fourth-order valence-corrected chi connectivity index (χ4v) is 2.97. The second-order valence-electron chi connectivity index (χ2n) is 5.07. The number of nitrogens with zero attached hydrogens (tertiary/aromatic N) is 3. The molecule has 2 rings (SSSR count). The van der Waals surface area contributed by atoms with E-state index in [0.29, 0.717) is 16.9 Å². The van der Waals surface area contributed by atoms with Crippen LogP contribution in [0.4, 0.5) is 5.82 Å². The second kappa shape index (κ2) is 5.61. The SMILES string of the molecule is CC1CCCCC1N(C)c1nnccc1C(N)=S. The molecule has 0 amide bonds. The molecule has 18 heavy (non-hydrogen) atoms. The van der Waals surface area contributed by atoms with Crippen molar-refractivity contribution in [2.75, 3.05) is 11.9 Å². The molecule has 5 heteroatoms. The number of aromatic nitrogens is 2. The zero-order valence-electron chi connectivity index (χ0n) is 11.0. The number of rotatable bonds is 3. The molecule has 1 fully saturated rings. The van der Waals surface area contributed by atoms with Crippen LogP contribution in [0.5, 0.6) is 0 Å². The third-order valence-corrected chi connectivity index (χ3v) is 4.08. The van der Waals surface area contributed by atoms with Crippen LogP contribution in [0.2, 0.25) is 0 Å². The summed E-state index contributed by atoms with van der Waals surface area (Å²) in [5, 5.41) is 8.18. The van der Waals surface area contributed by atoms with Gasteiger partial charge < -0.3 is 10.6 Å². The summed E-state index contributed by atoms with van der Waals surface area (Å²) in [5.41, 5.74) is 6.57. The highest BCUT2D eigenvalue weighted by Gasteiger charge is 2.27. The fourth-order valence-electron chi connectivity index (χ4n) is 2.81. The molecule has 1 saturated carbocycles. The molecule has 2 N–H and O–H groups in total. The average Bonchev–Trinajstić information content (AvgIpc) is 2.38. The first-order valence-electron chi connectivity index (χ1n) is 6.45. The zero-order chi connectivity index (χ0) is 13.1. The lowest BCUT2D eigenvalue weighted by Crippen LogP contribution is -2.40. The smallest absolute Gasteiger partial charge is 0.161 e. The maximum Gasteiger partial charge on any atom is 0.161 e. The van der Waals surface area contributed by atoms with Gasteiger partial charge in [0.2, 0.25) is 0 Å². The first-order chi connectivity index (χ1) is 8.61. The monoisotopic (exact) mass is 264 g/mol. The fraction of sp³-hybridized carbons (Fsp3) is 0.615. The summed E-state index contributed by atoms with van der Waals surface area (Å²) in [6.07, 6.45) is 6.72. The first-order valence-corrected chi connectivity index (χ1v) is 6.86. The van der Waals surface area contributed by atoms with Gasteiger partial charge in [0.05, 0.1) is 11.8 Å². The van der Waals surface area contributed by atoms with Crippen molar-refractivity contribution in [3.8, 4) is 0 Å². The number of thiocarbonyl (C=S) groups is 1. The van der Waals surface area contributed by atoms with Crippen molar-refractivity contribution in [3.05, 3.63) is 17.8 Å². The van der Waals surface area contributed by atoms with Gasteiger partial charge in [0.25, 0.3) is 0 Å². The summed E-state index contributed by atoms with van der Waals surface area (Å²) in [4.78, 5) is 2.58. The number of anilines is 1. The predicted octanol–water partition coefficient (Wildman–Crippen LogP) is 2.13. The maximum atomic E-state index is 5.75. The Labute approximate surface area is 114 Å². The van der Waals surface area contributed by atoms with Crippen LogP contribution in [0, 0.1) is 5.92 Å². The van der Waals surface area contributed by atoms with E-state index in [1.54, 1.807) is 6.20 Å². The van der Waals surface area contributed by atoms with Crippen molar-refractivity contribution >= 4 is 23.0 Å². The van der Waals surface area contributed by atoms with Crippen molar-refractivity contribution in [3.63, 3.8) is 0 Å². The Kier molecular flexibility index (Phi) is 4.11. The van der Waals surface area contributed by atoms with E-state index in [4.69, 9.17) is 18.0 Å². The molecule has 2 unspecified atom stereocenters. The van der Waals surface area contributed by atoms with Gasteiger partial charge in [-0.25, -0.2) is 0 Å². The highest BCUT2D eigenvalue weighted by atomic mass is 32.1. The minimum absolute atomic E-state index is 0.384. The lowest BCUT2D eigenvalue weighted by atomic mass is 9.85. The van der Waals surface area contributed by atoms with Gasteiger partial charge >= 0.3 is 0 Å². The molecule has 0 aliphatic heterocycles. The van der Waals surface area contributed by atoms with Crippen molar-refractivity contribution in [1.82, 2.24) is 10.2 Å². The molecule has 0 bridgehead atoms. The normalized spacial score (nSPS) is 23.7. The minimum atomic E-state index is 0.384. The third-order valence-electron chi connectivity index (χ3n) is 3.86. The van der Waals surface area contributed by atoms with Crippen LogP contribution >= 0.6 is 12.2 Å². The Morgan fingerprint density at radius 1 is 1.44 bits per heavy atom. The van der Waals surface area contributed by atoms with Gasteiger partial charge in [-0.05, 0) is 24.8 Å². The van der Waals surface area contributed by atoms with E-state index in [9.17, 15) is 0 Å². The molecule has 0 spiro atoms. The Morgan fingerprint density at radius 3 is 2.83 bits per heavy atom. The lowest BCUT2D eigenvalue weighted by Gasteiger charge is -2.37. The standard InChI is InChI=1S/C13H20N4S/c1-9-5-3-4-6-11(9)17(2)13-10(12(14)18)7-8-15-16-13/h7-9,11H,3-6H2,1-2H3,(H2,14,18). The molecule has 1 aliphatic carbocycles. The maximum absolute atomic E-state index is 5.75. The summed E-state index contributed by atoms with van der Waals surface area (Å²) in [5.74, 6) is 1.48. The average molecular weight is 264 g/mol.